The molecule has 2 aromatic carbocycles. The number of nitrogens with zero attached hydrogens (tertiary/aromatic N) is 3. The summed E-state index contributed by atoms with van der Waals surface area (Å²) in [6.07, 6.45) is 6.72. The second kappa shape index (κ2) is 13.8. The van der Waals surface area contributed by atoms with Crippen LogP contribution in [0.4, 0.5) is 10.1 Å². The van der Waals surface area contributed by atoms with Gasteiger partial charge in [0.15, 0.2) is 11.5 Å². The molecular formula is C35H44FN3O5. The second-order valence-corrected chi connectivity index (χ2v) is 12.2. The lowest BCUT2D eigenvalue weighted by Crippen LogP contribution is -2.48. The van der Waals surface area contributed by atoms with E-state index in [1.165, 1.54) is 6.07 Å². The van der Waals surface area contributed by atoms with E-state index in [9.17, 15) is 19.1 Å². The van der Waals surface area contributed by atoms with Crippen molar-refractivity contribution in [2.24, 2.45) is 13.0 Å². The molecule has 1 amide bonds. The minimum atomic E-state index is -0.875. The molecule has 0 bridgehead atoms. The first kappa shape index (κ1) is 31.6. The fourth-order valence-corrected chi connectivity index (χ4v) is 7.04. The summed E-state index contributed by atoms with van der Waals surface area (Å²) >= 11 is 0. The van der Waals surface area contributed by atoms with Gasteiger partial charge >= 0.3 is 5.97 Å². The van der Waals surface area contributed by atoms with E-state index in [0.717, 1.165) is 36.9 Å². The van der Waals surface area contributed by atoms with Gasteiger partial charge in [-0.2, -0.15) is 0 Å². The van der Waals surface area contributed by atoms with Crippen LogP contribution in [0.15, 0.2) is 54.7 Å². The zero-order valence-electron chi connectivity index (χ0n) is 26.2. The zero-order chi connectivity index (χ0) is 31.4. The lowest BCUT2D eigenvalue weighted by atomic mass is 9.83. The number of carbonyl (C=O) groups is 2. The number of carboxylic acids is 1. The number of aliphatic carboxylic acids is 1. The molecule has 5 rings (SSSR count). The number of hydrogen-bond donors (Lipinski definition) is 1. The standard InChI is InChI=1S/C35H44FN3O5/c1-5-8-26(9-6-2)39(27-12-14-29(36)23(3)18-27)33(40)21-38-20-28(24-11-16-31-32(19-24)44-22-43-31)34(35(41)42)30(38)15-13-25-10-7-17-37(25)4/h7,10-12,14,16-19,26,28,30,34H,5-6,8-9,13,15,20-22H2,1-4H3,(H,41,42). The highest BCUT2D eigenvalue weighted by Gasteiger charge is 2.47. The predicted molar refractivity (Wildman–Crippen MR) is 168 cm³/mol. The summed E-state index contributed by atoms with van der Waals surface area (Å²) in [4.78, 5) is 31.3. The van der Waals surface area contributed by atoms with Crippen molar-refractivity contribution in [3.05, 3.63) is 77.4 Å². The van der Waals surface area contributed by atoms with E-state index in [1.807, 2.05) is 53.0 Å². The monoisotopic (exact) mass is 605 g/mol. The summed E-state index contributed by atoms with van der Waals surface area (Å²) in [5, 5.41) is 10.6. The Hall–Kier alpha value is -3.85. The van der Waals surface area contributed by atoms with Crippen molar-refractivity contribution in [3.8, 4) is 11.5 Å². The molecule has 8 nitrogen and oxygen atoms in total. The minimum Gasteiger partial charge on any atom is -0.481 e. The predicted octanol–water partition coefficient (Wildman–Crippen LogP) is 6.30. The van der Waals surface area contributed by atoms with Gasteiger partial charge in [0.05, 0.1) is 12.5 Å². The quantitative estimate of drug-likeness (QED) is 0.246. The van der Waals surface area contributed by atoms with Crippen molar-refractivity contribution in [1.82, 2.24) is 9.47 Å². The van der Waals surface area contributed by atoms with Gasteiger partial charge in [-0.25, -0.2) is 4.39 Å². The molecule has 3 unspecified atom stereocenters. The fraction of sp³-hybridized carbons (Fsp3) is 0.486. The molecule has 1 saturated heterocycles. The van der Waals surface area contributed by atoms with Crippen LogP contribution in [0.1, 0.15) is 68.7 Å². The van der Waals surface area contributed by atoms with Gasteiger partial charge in [-0.05, 0) is 86.2 Å². The SMILES string of the molecule is CCCC(CCC)N(C(=O)CN1CC(c2ccc3c(c2)OCO3)C(C(=O)O)C1CCc1cccn1C)c1ccc(F)c(C)c1. The van der Waals surface area contributed by atoms with Crippen LogP contribution in [-0.2, 0) is 23.1 Å². The van der Waals surface area contributed by atoms with Crippen LogP contribution in [0.5, 0.6) is 11.5 Å². The number of benzene rings is 2. The van der Waals surface area contributed by atoms with Gasteiger partial charge in [-0.1, -0.05) is 32.8 Å². The number of carbonyl (C=O) groups excluding carboxylic acids is 1. The number of carboxylic acid groups (broad SMARTS) is 1. The minimum absolute atomic E-state index is 0.0355. The fourth-order valence-electron chi connectivity index (χ4n) is 7.04. The second-order valence-electron chi connectivity index (χ2n) is 12.2. The van der Waals surface area contributed by atoms with Crippen LogP contribution >= 0.6 is 0 Å². The summed E-state index contributed by atoms with van der Waals surface area (Å²) in [5.74, 6) is -1.07. The van der Waals surface area contributed by atoms with E-state index in [0.29, 0.717) is 42.1 Å². The van der Waals surface area contributed by atoms with Crippen molar-refractivity contribution < 1.29 is 28.6 Å². The van der Waals surface area contributed by atoms with E-state index in [2.05, 4.69) is 18.7 Å². The van der Waals surface area contributed by atoms with E-state index in [-0.39, 0.29) is 43.1 Å². The Bertz CT molecular complexity index is 1470. The third-order valence-corrected chi connectivity index (χ3v) is 9.24. The number of fused-ring (bicyclic) bond motifs is 1. The van der Waals surface area contributed by atoms with Crippen molar-refractivity contribution in [2.75, 3.05) is 24.8 Å². The molecule has 3 heterocycles. The molecule has 3 aromatic rings. The summed E-state index contributed by atoms with van der Waals surface area (Å²) in [6.45, 7) is 6.56. The molecule has 1 fully saturated rings. The maximum atomic E-state index is 14.4. The molecule has 2 aliphatic heterocycles. The van der Waals surface area contributed by atoms with Gasteiger partial charge in [0.25, 0.3) is 0 Å². The van der Waals surface area contributed by atoms with Crippen molar-refractivity contribution in [1.29, 1.82) is 0 Å². The maximum absolute atomic E-state index is 14.4. The van der Waals surface area contributed by atoms with Gasteiger partial charge < -0.3 is 24.0 Å². The summed E-state index contributed by atoms with van der Waals surface area (Å²) in [7, 11) is 1.99. The molecule has 3 atom stereocenters. The van der Waals surface area contributed by atoms with E-state index >= 15 is 0 Å². The van der Waals surface area contributed by atoms with Crippen molar-refractivity contribution in [3.63, 3.8) is 0 Å². The van der Waals surface area contributed by atoms with Crippen LogP contribution < -0.4 is 14.4 Å². The smallest absolute Gasteiger partial charge is 0.308 e. The maximum Gasteiger partial charge on any atom is 0.308 e. The van der Waals surface area contributed by atoms with Crippen LogP contribution in [0, 0.1) is 18.7 Å². The zero-order valence-corrected chi connectivity index (χ0v) is 26.2. The number of likely N-dealkylation sites (tertiary alicyclic amines) is 1. The van der Waals surface area contributed by atoms with Crippen LogP contribution in [0.2, 0.25) is 0 Å². The molecule has 0 radical (unpaired) electrons. The number of amides is 1. The summed E-state index contributed by atoms with van der Waals surface area (Å²) in [6, 6.07) is 14.1. The first-order valence-corrected chi connectivity index (χ1v) is 15.8. The van der Waals surface area contributed by atoms with Crippen molar-refractivity contribution in [2.45, 2.75) is 77.3 Å². The first-order chi connectivity index (χ1) is 21.2. The Kier molecular flexibility index (Phi) is 9.93. The van der Waals surface area contributed by atoms with Gasteiger partial charge in [0.2, 0.25) is 12.7 Å². The highest BCUT2D eigenvalue weighted by Crippen LogP contribution is 2.43. The molecule has 0 saturated carbocycles. The summed E-state index contributed by atoms with van der Waals surface area (Å²) in [5.41, 5.74) is 3.15. The average molecular weight is 606 g/mol. The van der Waals surface area contributed by atoms with Gasteiger partial charge in [-0.3, -0.25) is 14.5 Å². The lowest BCUT2D eigenvalue weighted by molar-refractivity contribution is -0.143. The molecular weight excluding hydrogens is 561 g/mol. The Morgan fingerprint density at radius 3 is 2.48 bits per heavy atom. The number of aromatic nitrogens is 1. The van der Waals surface area contributed by atoms with E-state index < -0.39 is 11.9 Å². The molecule has 1 aromatic heterocycles. The van der Waals surface area contributed by atoms with E-state index in [4.69, 9.17) is 9.47 Å². The Balaban J connectivity index is 1.49. The number of aryl methyl sites for hydroxylation is 3. The summed E-state index contributed by atoms with van der Waals surface area (Å²) < 4.78 is 27.5. The van der Waals surface area contributed by atoms with Crippen LogP contribution in [0.25, 0.3) is 0 Å². The molecule has 236 valence electrons. The molecule has 1 N–H and O–H groups in total. The molecule has 0 spiro atoms. The van der Waals surface area contributed by atoms with E-state index in [1.54, 1.807) is 19.1 Å². The number of hydrogen-bond acceptors (Lipinski definition) is 5. The highest BCUT2D eigenvalue weighted by molar-refractivity contribution is 5.95. The number of rotatable bonds is 13. The third-order valence-electron chi connectivity index (χ3n) is 9.24. The number of halogens is 1. The number of anilines is 1. The number of ether oxygens (including phenoxy) is 2. The largest absolute Gasteiger partial charge is 0.481 e. The molecule has 2 aliphatic rings. The first-order valence-electron chi connectivity index (χ1n) is 15.8. The molecule has 9 heteroatoms. The van der Waals surface area contributed by atoms with Crippen LogP contribution in [0.3, 0.4) is 0 Å². The van der Waals surface area contributed by atoms with Gasteiger partial charge in [0, 0.05) is 49.2 Å². The lowest BCUT2D eigenvalue weighted by Gasteiger charge is -2.35. The Labute approximate surface area is 259 Å². The third kappa shape index (κ3) is 6.62. The van der Waals surface area contributed by atoms with Gasteiger partial charge in [-0.15, -0.1) is 0 Å². The normalized spacial score (nSPS) is 19.5. The van der Waals surface area contributed by atoms with Crippen LogP contribution in [-0.4, -0.2) is 58.4 Å². The molecule has 44 heavy (non-hydrogen) atoms. The average Bonchev–Trinajstić information content (AvgIpc) is 3.72. The topological polar surface area (TPSA) is 84.2 Å². The van der Waals surface area contributed by atoms with Crippen molar-refractivity contribution >= 4 is 17.6 Å². The highest BCUT2D eigenvalue weighted by atomic mass is 19.1. The molecule has 0 aliphatic carbocycles. The Morgan fingerprint density at radius 2 is 1.82 bits per heavy atom. The van der Waals surface area contributed by atoms with Gasteiger partial charge in [0.1, 0.15) is 5.82 Å². The Morgan fingerprint density at radius 1 is 1.07 bits per heavy atom.